The molecule has 140 valence electrons. The largest absolute Gasteiger partial charge is 0.486 e. The quantitative estimate of drug-likeness (QED) is 0.600. The summed E-state index contributed by atoms with van der Waals surface area (Å²) in [4.78, 5) is 22.8. The molecule has 27 heavy (non-hydrogen) atoms. The van der Waals surface area contributed by atoms with Crippen LogP contribution in [-0.4, -0.2) is 61.9 Å². The highest BCUT2D eigenvalue weighted by Crippen LogP contribution is 2.31. The number of carbonyl (C=O) groups is 1. The maximum absolute atomic E-state index is 12.6. The second-order valence-electron chi connectivity index (χ2n) is 5.98. The van der Waals surface area contributed by atoms with Crippen LogP contribution in [0.4, 0.5) is 0 Å². The van der Waals surface area contributed by atoms with Gasteiger partial charge in [0.2, 0.25) is 11.1 Å². The van der Waals surface area contributed by atoms with Gasteiger partial charge in [-0.25, -0.2) is 9.50 Å². The van der Waals surface area contributed by atoms with E-state index in [9.17, 15) is 4.79 Å². The van der Waals surface area contributed by atoms with Crippen LogP contribution in [0.25, 0.3) is 5.78 Å². The number of benzene rings is 1. The Morgan fingerprint density at radius 3 is 3.00 bits per heavy atom. The van der Waals surface area contributed by atoms with Gasteiger partial charge in [-0.15, -0.1) is 5.10 Å². The van der Waals surface area contributed by atoms with Crippen LogP contribution >= 0.6 is 11.8 Å². The third kappa shape index (κ3) is 3.97. The number of aromatic nitrogens is 4. The summed E-state index contributed by atoms with van der Waals surface area (Å²) in [5.41, 5.74) is 0. The highest BCUT2D eigenvalue weighted by molar-refractivity contribution is 7.99. The van der Waals surface area contributed by atoms with Crippen molar-refractivity contribution >= 4 is 23.4 Å². The molecular formula is C18H19N5O3S. The predicted molar refractivity (Wildman–Crippen MR) is 100 cm³/mol. The van der Waals surface area contributed by atoms with Gasteiger partial charge in [0.15, 0.2) is 17.6 Å². The van der Waals surface area contributed by atoms with Crippen LogP contribution in [0.15, 0.2) is 47.9 Å². The Kier molecular flexibility index (Phi) is 5.10. The number of carbonyl (C=O) groups excluding carboxylic acids is 1. The summed E-state index contributed by atoms with van der Waals surface area (Å²) in [6.45, 7) is 3.45. The number of thioether (sulfide) groups is 1. The van der Waals surface area contributed by atoms with E-state index in [1.807, 2.05) is 31.2 Å². The highest BCUT2D eigenvalue weighted by Gasteiger charge is 2.25. The minimum absolute atomic E-state index is 0.0109. The molecule has 4 rings (SSSR count). The molecule has 0 spiro atoms. The van der Waals surface area contributed by atoms with Crippen molar-refractivity contribution in [2.24, 2.45) is 0 Å². The van der Waals surface area contributed by atoms with Gasteiger partial charge >= 0.3 is 0 Å². The topological polar surface area (TPSA) is 81.9 Å². The van der Waals surface area contributed by atoms with E-state index >= 15 is 0 Å². The summed E-state index contributed by atoms with van der Waals surface area (Å²) in [5.74, 6) is 2.25. The number of nitrogens with zero attached hydrogens (tertiary/aromatic N) is 5. The van der Waals surface area contributed by atoms with E-state index in [1.54, 1.807) is 27.9 Å². The van der Waals surface area contributed by atoms with Crippen molar-refractivity contribution in [2.75, 3.05) is 25.4 Å². The molecule has 2 aromatic heterocycles. The molecule has 0 radical (unpaired) electrons. The molecule has 0 N–H and O–H groups in total. The van der Waals surface area contributed by atoms with Crippen molar-refractivity contribution in [2.45, 2.75) is 18.2 Å². The molecule has 0 fully saturated rings. The molecule has 3 aromatic rings. The first-order valence-electron chi connectivity index (χ1n) is 8.69. The first-order valence-corrected chi connectivity index (χ1v) is 9.68. The third-order valence-corrected chi connectivity index (χ3v) is 4.97. The van der Waals surface area contributed by atoms with Crippen LogP contribution in [0.2, 0.25) is 0 Å². The molecule has 1 unspecified atom stereocenters. The lowest BCUT2D eigenvalue weighted by Gasteiger charge is -2.30. The number of ether oxygens (including phenoxy) is 2. The fraction of sp³-hybridized carbons (Fsp3) is 0.333. The molecule has 8 nitrogen and oxygen atoms in total. The smallest absolute Gasteiger partial charge is 0.253 e. The first kappa shape index (κ1) is 17.6. The van der Waals surface area contributed by atoms with Gasteiger partial charge in [0.1, 0.15) is 6.61 Å². The van der Waals surface area contributed by atoms with Crippen molar-refractivity contribution in [1.29, 1.82) is 0 Å². The molecule has 0 bridgehead atoms. The van der Waals surface area contributed by atoms with Gasteiger partial charge in [0.05, 0.1) is 12.3 Å². The van der Waals surface area contributed by atoms with E-state index in [2.05, 4.69) is 15.1 Å². The molecule has 9 heteroatoms. The molecule has 1 atom stereocenters. The monoisotopic (exact) mass is 385 g/mol. The Labute approximate surface area is 160 Å². The van der Waals surface area contributed by atoms with Gasteiger partial charge < -0.3 is 14.4 Å². The maximum Gasteiger partial charge on any atom is 0.253 e. The van der Waals surface area contributed by atoms with Crippen LogP contribution in [0.3, 0.4) is 0 Å². The first-order chi connectivity index (χ1) is 13.2. The zero-order chi connectivity index (χ0) is 18.6. The number of amides is 1. The fourth-order valence-corrected chi connectivity index (χ4v) is 3.53. The van der Waals surface area contributed by atoms with E-state index in [-0.39, 0.29) is 17.8 Å². The van der Waals surface area contributed by atoms with Crippen molar-refractivity contribution in [3.05, 3.63) is 42.7 Å². The summed E-state index contributed by atoms with van der Waals surface area (Å²) < 4.78 is 13.3. The number of rotatable bonds is 6. The third-order valence-electron chi connectivity index (χ3n) is 4.15. The standard InChI is InChI=1S/C18H19N5O3S/c1-2-22(10-13-11-25-14-6-3-4-7-15(14)26-13)16(24)12-27-18-20-17-19-8-5-9-23(17)21-18/h3-9,13H,2,10-12H2,1H3. The molecule has 1 aliphatic rings. The molecule has 3 heterocycles. The van der Waals surface area contributed by atoms with E-state index in [0.29, 0.717) is 36.4 Å². The zero-order valence-corrected chi connectivity index (χ0v) is 15.6. The Morgan fingerprint density at radius 2 is 2.19 bits per heavy atom. The summed E-state index contributed by atoms with van der Waals surface area (Å²) in [6.07, 6.45) is 3.25. The highest BCUT2D eigenvalue weighted by atomic mass is 32.2. The summed E-state index contributed by atoms with van der Waals surface area (Å²) in [6, 6.07) is 9.34. The molecular weight excluding hydrogens is 366 g/mol. The van der Waals surface area contributed by atoms with Crippen LogP contribution in [0.1, 0.15) is 6.92 Å². The van der Waals surface area contributed by atoms with Crippen LogP contribution in [0.5, 0.6) is 11.5 Å². The van der Waals surface area contributed by atoms with Gasteiger partial charge in [-0.1, -0.05) is 23.9 Å². The minimum Gasteiger partial charge on any atom is -0.486 e. The van der Waals surface area contributed by atoms with Crippen molar-refractivity contribution in [1.82, 2.24) is 24.5 Å². The number of likely N-dealkylation sites (N-methyl/N-ethyl adjacent to an activating group) is 1. The number of hydrogen-bond acceptors (Lipinski definition) is 7. The van der Waals surface area contributed by atoms with Crippen molar-refractivity contribution < 1.29 is 14.3 Å². The summed E-state index contributed by atoms with van der Waals surface area (Å²) in [7, 11) is 0. The second kappa shape index (κ2) is 7.83. The molecule has 0 saturated carbocycles. The average Bonchev–Trinajstić information content (AvgIpc) is 3.13. The van der Waals surface area contributed by atoms with Gasteiger partial charge in [0.25, 0.3) is 5.78 Å². The van der Waals surface area contributed by atoms with Gasteiger partial charge in [-0.3, -0.25) is 4.79 Å². The average molecular weight is 385 g/mol. The zero-order valence-electron chi connectivity index (χ0n) is 14.8. The van der Waals surface area contributed by atoms with Crippen LogP contribution in [0, 0.1) is 0 Å². The van der Waals surface area contributed by atoms with E-state index in [1.165, 1.54) is 11.8 Å². The molecule has 0 saturated heterocycles. The van der Waals surface area contributed by atoms with Crippen molar-refractivity contribution in [3.63, 3.8) is 0 Å². The lowest BCUT2D eigenvalue weighted by molar-refractivity contribution is -0.129. The van der Waals surface area contributed by atoms with Gasteiger partial charge in [0, 0.05) is 18.9 Å². The van der Waals surface area contributed by atoms with E-state index in [4.69, 9.17) is 9.47 Å². The van der Waals surface area contributed by atoms with E-state index < -0.39 is 0 Å². The van der Waals surface area contributed by atoms with Crippen molar-refractivity contribution in [3.8, 4) is 11.5 Å². The summed E-state index contributed by atoms with van der Waals surface area (Å²) >= 11 is 1.30. The fourth-order valence-electron chi connectivity index (χ4n) is 2.80. The molecule has 1 aromatic carbocycles. The Balaban J connectivity index is 1.34. The number of para-hydroxylation sites is 2. The van der Waals surface area contributed by atoms with Gasteiger partial charge in [-0.05, 0) is 25.1 Å². The normalized spacial score (nSPS) is 15.7. The summed E-state index contributed by atoms with van der Waals surface area (Å²) in [5, 5.41) is 4.83. The minimum atomic E-state index is -0.189. The maximum atomic E-state index is 12.6. The molecule has 1 aliphatic heterocycles. The van der Waals surface area contributed by atoms with E-state index in [0.717, 1.165) is 5.75 Å². The Morgan fingerprint density at radius 1 is 1.33 bits per heavy atom. The lowest BCUT2D eigenvalue weighted by Crippen LogP contribution is -2.44. The van der Waals surface area contributed by atoms with Crippen LogP contribution < -0.4 is 9.47 Å². The number of hydrogen-bond donors (Lipinski definition) is 0. The lowest BCUT2D eigenvalue weighted by atomic mass is 10.2. The Bertz CT molecular complexity index is 914. The Hall–Kier alpha value is -2.81. The van der Waals surface area contributed by atoms with Crippen LogP contribution in [-0.2, 0) is 4.79 Å². The molecule has 1 amide bonds. The SMILES string of the molecule is CCN(CC1COc2ccccc2O1)C(=O)CSc1nc2ncccn2n1. The van der Waals surface area contributed by atoms with Gasteiger partial charge in [-0.2, -0.15) is 4.98 Å². The predicted octanol–water partition coefficient (Wildman–Crippen LogP) is 1.90. The molecule has 0 aliphatic carbocycles. The second-order valence-corrected chi connectivity index (χ2v) is 6.92. The number of fused-ring (bicyclic) bond motifs is 2.